The zero-order valence-electron chi connectivity index (χ0n) is 52.1. The average molecular weight is 1540 g/mol. The molecule has 48 heteroatoms. The highest BCUT2D eigenvalue weighted by molar-refractivity contribution is 7.87. The van der Waals surface area contributed by atoms with Crippen LogP contribution < -0.4 is 36.5 Å². The van der Waals surface area contributed by atoms with Crippen molar-refractivity contribution in [1.82, 2.24) is 26.2 Å². The third kappa shape index (κ3) is 23.7. The first-order valence-electron chi connectivity index (χ1n) is 29.3. The number of azide groups is 2. The number of phosphoric ester groups is 1. The number of amides is 4. The van der Waals surface area contributed by atoms with Crippen LogP contribution in [-0.4, -0.2) is 188 Å². The molecule has 2 heterocycles. The summed E-state index contributed by atoms with van der Waals surface area (Å²) in [7, 11) is -32.5. The maximum absolute atomic E-state index is 13.0. The molecule has 7 rings (SSSR count). The van der Waals surface area contributed by atoms with E-state index in [1.807, 2.05) is 0 Å². The molecule has 1 fully saturated rings. The van der Waals surface area contributed by atoms with Crippen LogP contribution in [-0.2, 0) is 85.8 Å². The van der Waals surface area contributed by atoms with Gasteiger partial charge in [-0.15, -0.1) is 0 Å². The van der Waals surface area contributed by atoms with E-state index in [1.165, 1.54) is 36.5 Å². The van der Waals surface area contributed by atoms with Crippen LogP contribution in [0.1, 0.15) is 61.7 Å². The molecule has 14 N–H and O–H groups in total. The molecule has 5 aromatic carbocycles. The topological polar surface area (TPSA) is 645 Å². The molecule has 0 aromatic heterocycles. The van der Waals surface area contributed by atoms with Gasteiger partial charge in [0, 0.05) is 92.4 Å². The highest BCUT2D eigenvalue weighted by Crippen LogP contribution is 2.66. The van der Waals surface area contributed by atoms with Crippen molar-refractivity contribution < 1.29 is 133 Å². The van der Waals surface area contributed by atoms with Gasteiger partial charge in [0.1, 0.15) is 64.3 Å². The van der Waals surface area contributed by atoms with Gasteiger partial charge < -0.3 is 80.3 Å². The summed E-state index contributed by atoms with van der Waals surface area (Å²) in [6.07, 6.45) is -2.25. The van der Waals surface area contributed by atoms with Gasteiger partial charge in [0.2, 0.25) is 18.2 Å². The van der Waals surface area contributed by atoms with Gasteiger partial charge in [-0.1, -0.05) is 52.8 Å². The predicted molar refractivity (Wildman–Crippen MR) is 347 cm³/mol. The van der Waals surface area contributed by atoms with E-state index in [4.69, 9.17) is 50.3 Å². The minimum Gasteiger partial charge on any atom is -0.491 e. The average Bonchev–Trinajstić information content (AvgIpc) is 1.04. The summed E-state index contributed by atoms with van der Waals surface area (Å²) in [6.45, 7) is -2.75. The molecule has 7 unspecified atom stereocenters. The first kappa shape index (κ1) is 80.1. The number of nitrogens with one attached hydrogen (secondary N) is 4. The molecule has 0 saturated carbocycles. The largest absolute Gasteiger partial charge is 0.491 e. The fourth-order valence-corrected chi connectivity index (χ4v) is 15.2. The number of amidine groups is 1. The summed E-state index contributed by atoms with van der Waals surface area (Å²) in [5, 5.41) is 27.1. The number of carbonyl (C=O) groups is 4. The summed E-state index contributed by atoms with van der Waals surface area (Å²) in [4.78, 5) is 95.5. The number of ether oxygens (including phenoxy) is 5. The van der Waals surface area contributed by atoms with Crippen LogP contribution in [0.15, 0.2) is 102 Å². The van der Waals surface area contributed by atoms with E-state index < -0.39 is 144 Å². The molecular formula is C53H64N13O29P3S3. The van der Waals surface area contributed by atoms with Crippen molar-refractivity contribution in [2.75, 3.05) is 59.3 Å². The molecular weight excluding hydrogens is 1470 g/mol. The molecule has 0 aliphatic carbocycles. The van der Waals surface area contributed by atoms with Crippen molar-refractivity contribution in [3.8, 4) is 23.3 Å². The van der Waals surface area contributed by atoms with Crippen molar-refractivity contribution in [2.24, 2.45) is 21.0 Å². The number of phosphoric acid groups is 3. The Labute approximate surface area is 572 Å². The minimum atomic E-state index is -5.86. The van der Waals surface area contributed by atoms with E-state index in [0.717, 1.165) is 23.1 Å². The molecule has 5 aromatic rings. The van der Waals surface area contributed by atoms with Gasteiger partial charge in [-0.25, -0.2) is 18.7 Å². The molecule has 548 valence electrons. The molecule has 4 amide bonds. The van der Waals surface area contributed by atoms with Crippen molar-refractivity contribution in [1.29, 1.82) is 0 Å². The summed E-state index contributed by atoms with van der Waals surface area (Å²) in [6, 6.07) is 12.2. The van der Waals surface area contributed by atoms with E-state index >= 15 is 0 Å². The number of nitrogens with two attached hydrogens (primary N) is 1. The monoisotopic (exact) mass is 1540 g/mol. The van der Waals surface area contributed by atoms with Gasteiger partial charge in [0.25, 0.3) is 42.2 Å². The number of aliphatic hydroxyl groups is 1. The van der Waals surface area contributed by atoms with E-state index in [2.05, 4.69) is 71.3 Å². The first-order valence-corrected chi connectivity index (χ1v) is 38.2. The molecule has 2 aliphatic rings. The lowest BCUT2D eigenvalue weighted by molar-refractivity contribution is -0.128. The number of unbranched alkanes of at least 4 members (excludes halogenated alkanes) is 4. The van der Waals surface area contributed by atoms with E-state index in [-0.39, 0.29) is 99.2 Å². The smallest absolute Gasteiger partial charge is 0.490 e. The number of hydrogen-bond acceptors (Lipinski definition) is 27. The van der Waals surface area contributed by atoms with Gasteiger partial charge >= 0.3 is 23.5 Å². The second-order valence-electron chi connectivity index (χ2n) is 21.4. The minimum absolute atomic E-state index is 0.00820. The Hall–Kier alpha value is -8.21. The molecule has 0 spiro atoms. The number of aliphatic imine (C=N–C) groups is 1. The van der Waals surface area contributed by atoms with Crippen molar-refractivity contribution in [3.63, 3.8) is 0 Å². The van der Waals surface area contributed by atoms with Crippen LogP contribution >= 0.6 is 23.5 Å². The van der Waals surface area contributed by atoms with Gasteiger partial charge in [0.15, 0.2) is 12.8 Å². The SMILES string of the molecule is [N-]=[N+]=NCOC1CC(N2C=C(C#CCNC(=O)COC(COc3cccc(C(=O)NCCCCCNC(=O)CCCCCNC(=O)COc4cc(S(=O)(=O)O)c5ccc6c(S(=O)(=O)O)cc(S(=O)(=O)O)c7ccc4c5c76)c3)N=[N+]=[N-])C(N)=NC2O)OC1COP(=O)(O)OP(=O)(O)OP(=O)(O)O. The Morgan fingerprint density at radius 2 is 1.33 bits per heavy atom. The molecule has 7 atom stereocenters. The van der Waals surface area contributed by atoms with Gasteiger partial charge in [-0.2, -0.15) is 33.9 Å². The maximum atomic E-state index is 13.0. The van der Waals surface area contributed by atoms with Gasteiger partial charge in [-0.3, -0.25) is 37.4 Å². The Morgan fingerprint density at radius 1 is 0.733 bits per heavy atom. The van der Waals surface area contributed by atoms with Crippen molar-refractivity contribution in [3.05, 3.63) is 98.9 Å². The van der Waals surface area contributed by atoms with Crippen LogP contribution in [0.25, 0.3) is 53.2 Å². The Bertz CT molecular complexity index is 4630. The summed E-state index contributed by atoms with van der Waals surface area (Å²) in [5.41, 5.74) is 24.0. The fourth-order valence-electron chi connectivity index (χ4n) is 9.96. The molecule has 42 nitrogen and oxygen atoms in total. The highest BCUT2D eigenvalue weighted by Gasteiger charge is 2.45. The van der Waals surface area contributed by atoms with Crippen molar-refractivity contribution >= 4 is 116 Å². The number of nitrogens with zero attached hydrogens (tertiary/aromatic N) is 8. The lowest BCUT2D eigenvalue weighted by Crippen LogP contribution is -2.43. The van der Waals surface area contributed by atoms with Gasteiger partial charge in [0.05, 0.1) is 24.8 Å². The second kappa shape index (κ2) is 35.1. The number of aliphatic hydroxyl groups excluding tert-OH is 1. The maximum Gasteiger partial charge on any atom is 0.490 e. The lowest BCUT2D eigenvalue weighted by Gasteiger charge is -2.32. The molecule has 101 heavy (non-hydrogen) atoms. The number of rotatable bonds is 38. The summed E-state index contributed by atoms with van der Waals surface area (Å²) < 4.78 is 180. The van der Waals surface area contributed by atoms with E-state index in [1.54, 1.807) is 6.07 Å². The van der Waals surface area contributed by atoms with E-state index in [0.29, 0.717) is 57.7 Å². The summed E-state index contributed by atoms with van der Waals surface area (Å²) >= 11 is 0. The molecule has 0 bridgehead atoms. The quantitative estimate of drug-likeness (QED) is 0.00394. The van der Waals surface area contributed by atoms with Crippen LogP contribution in [0.5, 0.6) is 11.5 Å². The third-order valence-corrected chi connectivity index (χ3v) is 20.8. The van der Waals surface area contributed by atoms with E-state index in [9.17, 15) is 86.7 Å². The van der Waals surface area contributed by atoms with Crippen molar-refractivity contribution in [2.45, 2.75) is 97.1 Å². The summed E-state index contributed by atoms with van der Waals surface area (Å²) in [5.74, 6) is 2.93. The Balaban J connectivity index is 0.763. The fraction of sp³-hybridized carbons (Fsp3) is 0.415. The standard InChI is InChI=1S/C53H64N13O29P3S3/c54-51-32(25-66(53(71)62-51)48-23-39(91-30-61-64-55)40(93-48)26-92-97(75,76)95-98(77,78)94-96(72,73)74)10-8-20-59-46(69)28-90-47(63-65-56)29-88-33-11-7-9-31(21-33)52(70)60-19-6-2-5-17-57-44(67)12-3-1-4-18-58-45(68)27-89-38-22-41(99(79,80)81)35-15-16-37-43(101(85,86)87)24-42(100(82,83)84)36-14-13-34(38)49(35)50(36)37/h7,9,11,13-16,21-22,24-25,39-40,47-48,53,71H,1-6,12,17-20,23,26-30H2,(H2,54,62)(H,57,67)(H,58,68)(H,59,69)(H,60,70)(H,75,76)(H,77,78)(H2,72,73,74)(H,79,80,81)(H,82,83,84)(H,85,86,87). The predicted octanol–water partition coefficient (Wildman–Crippen LogP) is 3.19. The number of carbonyl (C=O) groups excluding carboxylic acids is 4. The van der Waals surface area contributed by atoms with Crippen LogP contribution in [0.4, 0.5) is 0 Å². The number of hydrogen-bond donors (Lipinski definition) is 13. The second-order valence-corrected chi connectivity index (χ2v) is 30.0. The third-order valence-electron chi connectivity index (χ3n) is 14.3. The number of benzene rings is 5. The molecule has 2 aliphatic heterocycles. The van der Waals surface area contributed by atoms with Crippen LogP contribution in [0.3, 0.4) is 0 Å². The zero-order valence-corrected chi connectivity index (χ0v) is 57.3. The molecule has 1 saturated heterocycles. The Morgan fingerprint density at radius 3 is 1.95 bits per heavy atom. The first-order chi connectivity index (χ1) is 47.5. The van der Waals surface area contributed by atoms with Crippen LogP contribution in [0.2, 0.25) is 0 Å². The lowest BCUT2D eigenvalue weighted by atomic mass is 9.93. The van der Waals surface area contributed by atoms with Gasteiger partial charge in [-0.05, 0) is 73.5 Å². The molecule has 0 radical (unpaired) electrons. The normalized spacial score (nSPS) is 18.0. The van der Waals surface area contributed by atoms with Crippen LogP contribution in [0, 0.1) is 11.8 Å². The Kier molecular flexibility index (Phi) is 27.8. The zero-order chi connectivity index (χ0) is 74.1. The highest BCUT2D eigenvalue weighted by atomic mass is 32.2.